The molecular formula is C21H24ClFO3S. The molecule has 27 heavy (non-hydrogen) atoms. The lowest BCUT2D eigenvalue weighted by Gasteiger charge is -2.29. The Bertz CT molecular complexity index is 873. The normalized spacial score (nSPS) is 20.6. The van der Waals surface area contributed by atoms with E-state index in [-0.39, 0.29) is 17.3 Å². The summed E-state index contributed by atoms with van der Waals surface area (Å²) in [5.41, 5.74) is 2.02. The van der Waals surface area contributed by atoms with Crippen molar-refractivity contribution in [2.75, 3.05) is 6.61 Å². The van der Waals surface area contributed by atoms with E-state index < -0.39 is 10.1 Å². The first-order chi connectivity index (χ1) is 12.8. The van der Waals surface area contributed by atoms with E-state index in [1.54, 1.807) is 30.3 Å². The maximum Gasteiger partial charge on any atom is 0.296 e. The second-order valence-electron chi connectivity index (χ2n) is 7.26. The zero-order valence-corrected chi connectivity index (χ0v) is 16.9. The Hall–Kier alpha value is -1.43. The van der Waals surface area contributed by atoms with Gasteiger partial charge >= 0.3 is 0 Å². The van der Waals surface area contributed by atoms with Gasteiger partial charge in [0.15, 0.2) is 0 Å². The van der Waals surface area contributed by atoms with E-state index >= 15 is 0 Å². The molecule has 1 aliphatic carbocycles. The average molecular weight is 411 g/mol. The van der Waals surface area contributed by atoms with E-state index in [1.807, 2.05) is 6.92 Å². The number of hydrogen-bond acceptors (Lipinski definition) is 3. The molecular weight excluding hydrogens is 387 g/mol. The summed E-state index contributed by atoms with van der Waals surface area (Å²) < 4.78 is 42.9. The molecule has 0 unspecified atom stereocenters. The third kappa shape index (κ3) is 5.31. The van der Waals surface area contributed by atoms with Gasteiger partial charge in [0.05, 0.1) is 11.5 Å². The highest BCUT2D eigenvalue weighted by Gasteiger charge is 2.24. The Morgan fingerprint density at radius 2 is 1.74 bits per heavy atom. The summed E-state index contributed by atoms with van der Waals surface area (Å²) in [5.74, 6) is 0.463. The molecule has 1 fully saturated rings. The minimum absolute atomic E-state index is 0.197. The number of halogens is 2. The maximum atomic E-state index is 13.2. The summed E-state index contributed by atoms with van der Waals surface area (Å²) in [7, 11) is -3.69. The molecule has 0 aromatic heterocycles. The lowest BCUT2D eigenvalue weighted by atomic mass is 9.77. The van der Waals surface area contributed by atoms with Crippen molar-refractivity contribution in [1.82, 2.24) is 0 Å². The lowest BCUT2D eigenvalue weighted by Crippen LogP contribution is -2.16. The van der Waals surface area contributed by atoms with Crippen LogP contribution in [0.2, 0.25) is 5.02 Å². The molecule has 3 rings (SSSR count). The molecule has 2 aromatic rings. The Morgan fingerprint density at radius 3 is 2.37 bits per heavy atom. The van der Waals surface area contributed by atoms with Crippen molar-refractivity contribution in [3.63, 3.8) is 0 Å². The van der Waals surface area contributed by atoms with Gasteiger partial charge in [0.25, 0.3) is 10.1 Å². The molecule has 0 spiro atoms. The molecule has 0 atom stereocenters. The van der Waals surface area contributed by atoms with Crippen molar-refractivity contribution in [3.05, 3.63) is 64.4 Å². The first-order valence-electron chi connectivity index (χ1n) is 9.26. The van der Waals surface area contributed by atoms with Crippen molar-refractivity contribution in [2.24, 2.45) is 5.92 Å². The van der Waals surface area contributed by atoms with E-state index in [2.05, 4.69) is 0 Å². The van der Waals surface area contributed by atoms with Gasteiger partial charge in [-0.3, -0.25) is 4.18 Å². The monoisotopic (exact) mass is 410 g/mol. The molecule has 3 nitrogen and oxygen atoms in total. The van der Waals surface area contributed by atoms with Crippen LogP contribution < -0.4 is 0 Å². The number of rotatable bonds is 6. The summed E-state index contributed by atoms with van der Waals surface area (Å²) in [6, 6.07) is 11.3. The number of benzene rings is 2. The number of hydrogen-bond donors (Lipinski definition) is 0. The molecule has 0 saturated heterocycles. The van der Waals surface area contributed by atoms with Crippen molar-refractivity contribution >= 4 is 21.7 Å². The highest BCUT2D eigenvalue weighted by Crippen LogP contribution is 2.39. The Morgan fingerprint density at radius 1 is 1.07 bits per heavy atom. The van der Waals surface area contributed by atoms with E-state index in [1.165, 1.54) is 12.1 Å². The fraction of sp³-hybridized carbons (Fsp3) is 0.429. The van der Waals surface area contributed by atoms with Gasteiger partial charge in [-0.05, 0) is 80.7 Å². The highest BCUT2D eigenvalue weighted by molar-refractivity contribution is 7.86. The summed E-state index contributed by atoms with van der Waals surface area (Å²) in [5, 5.41) is 0.492. The van der Waals surface area contributed by atoms with E-state index in [0.717, 1.165) is 43.2 Å². The van der Waals surface area contributed by atoms with E-state index in [9.17, 15) is 12.8 Å². The molecule has 1 saturated carbocycles. The van der Waals surface area contributed by atoms with Crippen LogP contribution in [0.1, 0.15) is 49.1 Å². The minimum Gasteiger partial charge on any atom is -0.266 e. The maximum absolute atomic E-state index is 13.2. The third-order valence-electron chi connectivity index (χ3n) is 5.32. The van der Waals surface area contributed by atoms with Gasteiger partial charge < -0.3 is 0 Å². The summed E-state index contributed by atoms with van der Waals surface area (Å²) in [6.07, 6.45) is 4.65. The first-order valence-corrected chi connectivity index (χ1v) is 11.0. The van der Waals surface area contributed by atoms with Crippen molar-refractivity contribution in [2.45, 2.75) is 49.8 Å². The lowest BCUT2D eigenvalue weighted by molar-refractivity contribution is 0.240. The molecule has 0 aliphatic heterocycles. The Labute approximate surface area is 165 Å². The van der Waals surface area contributed by atoms with Crippen LogP contribution in [0.4, 0.5) is 4.39 Å². The van der Waals surface area contributed by atoms with Crippen LogP contribution in [-0.4, -0.2) is 15.0 Å². The smallest absolute Gasteiger partial charge is 0.266 e. The molecule has 0 amide bonds. The van der Waals surface area contributed by atoms with E-state index in [0.29, 0.717) is 16.9 Å². The quantitative estimate of drug-likeness (QED) is 0.560. The van der Waals surface area contributed by atoms with Crippen LogP contribution in [0.3, 0.4) is 0 Å². The van der Waals surface area contributed by atoms with Crippen LogP contribution in [0.25, 0.3) is 0 Å². The third-order valence-corrected chi connectivity index (χ3v) is 6.98. The molecule has 0 bridgehead atoms. The summed E-state index contributed by atoms with van der Waals surface area (Å²) in [4.78, 5) is 0.197. The average Bonchev–Trinajstić information content (AvgIpc) is 2.63. The van der Waals surface area contributed by atoms with Crippen LogP contribution in [0.15, 0.2) is 47.4 Å². The van der Waals surface area contributed by atoms with Crippen LogP contribution in [0.5, 0.6) is 0 Å². The minimum atomic E-state index is -3.69. The van der Waals surface area contributed by atoms with E-state index in [4.69, 9.17) is 15.8 Å². The Kier molecular flexibility index (Phi) is 6.56. The molecule has 146 valence electrons. The van der Waals surface area contributed by atoms with Crippen LogP contribution in [-0.2, 0) is 14.3 Å². The topological polar surface area (TPSA) is 43.4 Å². The Balaban J connectivity index is 1.47. The molecule has 1 aliphatic rings. The van der Waals surface area contributed by atoms with Gasteiger partial charge in [-0.1, -0.05) is 35.4 Å². The summed E-state index contributed by atoms with van der Waals surface area (Å²) in [6.45, 7) is 2.11. The van der Waals surface area contributed by atoms with Crippen molar-refractivity contribution in [1.29, 1.82) is 0 Å². The molecule has 0 N–H and O–H groups in total. The molecule has 2 aromatic carbocycles. The fourth-order valence-corrected chi connectivity index (χ4v) is 4.93. The summed E-state index contributed by atoms with van der Waals surface area (Å²) >= 11 is 6.17. The number of aryl methyl sites for hydroxylation is 1. The van der Waals surface area contributed by atoms with Gasteiger partial charge in [0.2, 0.25) is 0 Å². The second kappa shape index (κ2) is 8.72. The first kappa shape index (κ1) is 20.3. The second-order valence-corrected chi connectivity index (χ2v) is 9.28. The van der Waals surface area contributed by atoms with Gasteiger partial charge in [0, 0.05) is 5.02 Å². The fourth-order valence-electron chi connectivity index (χ4n) is 3.69. The van der Waals surface area contributed by atoms with Gasteiger partial charge in [-0.2, -0.15) is 8.42 Å². The van der Waals surface area contributed by atoms with Crippen molar-refractivity contribution < 1.29 is 17.0 Å². The van der Waals surface area contributed by atoms with Crippen LogP contribution in [0, 0.1) is 18.7 Å². The predicted molar refractivity (Wildman–Crippen MR) is 105 cm³/mol. The molecule has 0 radical (unpaired) electrons. The van der Waals surface area contributed by atoms with Crippen LogP contribution >= 0.6 is 11.6 Å². The standard InChI is InChI=1S/C21H24ClFO3S/c1-15-2-9-19(10-3-15)27(24,25)26-13-12-16-4-6-17(7-5-16)20-11-8-18(23)14-21(20)22/h2-3,8-11,14,16-17H,4-7,12-13H2,1H3. The highest BCUT2D eigenvalue weighted by atomic mass is 35.5. The van der Waals surface area contributed by atoms with Gasteiger partial charge in [-0.25, -0.2) is 4.39 Å². The molecule has 0 heterocycles. The SMILES string of the molecule is Cc1ccc(S(=O)(=O)OCCC2CCC(c3ccc(F)cc3Cl)CC2)cc1. The largest absolute Gasteiger partial charge is 0.296 e. The van der Waals surface area contributed by atoms with Gasteiger partial charge in [0.1, 0.15) is 5.82 Å². The van der Waals surface area contributed by atoms with Gasteiger partial charge in [-0.15, -0.1) is 0 Å². The predicted octanol–water partition coefficient (Wildman–Crippen LogP) is 5.86. The molecule has 6 heteroatoms. The zero-order chi connectivity index (χ0) is 19.4. The zero-order valence-electron chi connectivity index (χ0n) is 15.3. The van der Waals surface area contributed by atoms with Crippen molar-refractivity contribution in [3.8, 4) is 0 Å².